The fraction of sp³-hybridized carbons (Fsp3) is 0.250. The van der Waals surface area contributed by atoms with Gasteiger partial charge in [0, 0.05) is 12.1 Å². The second kappa shape index (κ2) is 6.98. The summed E-state index contributed by atoms with van der Waals surface area (Å²) in [4.78, 5) is 44.0. The molecule has 0 heterocycles. The molecule has 0 saturated carbocycles. The average Bonchev–Trinajstić information content (AvgIpc) is 2.50. The first-order valence-corrected chi connectivity index (χ1v) is 5.50. The zero-order valence-electron chi connectivity index (χ0n) is 11.2. The second-order valence-electron chi connectivity index (χ2n) is 3.67. The van der Waals surface area contributed by atoms with Crippen molar-refractivity contribution in [3.05, 3.63) is 39.4 Å². The molecule has 9 heteroatoms. The third kappa shape index (κ3) is 4.27. The van der Waals surface area contributed by atoms with Gasteiger partial charge in [-0.15, -0.1) is 0 Å². The van der Waals surface area contributed by atoms with Crippen molar-refractivity contribution >= 4 is 23.6 Å². The third-order valence-corrected chi connectivity index (χ3v) is 2.33. The molecule has 0 aromatic heterocycles. The number of nitrogens with zero attached hydrogens (tertiary/aromatic N) is 1. The summed E-state index contributed by atoms with van der Waals surface area (Å²) in [6, 6.07) is 2.95. The highest BCUT2D eigenvalue weighted by molar-refractivity contribution is 5.96. The van der Waals surface area contributed by atoms with Crippen LogP contribution < -0.4 is 0 Å². The van der Waals surface area contributed by atoms with Gasteiger partial charge in [0.1, 0.15) is 0 Å². The summed E-state index contributed by atoms with van der Waals surface area (Å²) >= 11 is 0. The number of ether oxygens (including phenoxy) is 3. The molecular formula is C12H11NO8. The molecule has 1 aromatic carbocycles. The lowest BCUT2D eigenvalue weighted by molar-refractivity contribution is -0.384. The molecule has 0 radical (unpaired) electrons. The highest BCUT2D eigenvalue weighted by Gasteiger charge is 2.19. The van der Waals surface area contributed by atoms with E-state index in [1.165, 1.54) is 0 Å². The molecule has 0 fully saturated rings. The molecule has 0 aliphatic heterocycles. The van der Waals surface area contributed by atoms with Crippen LogP contribution >= 0.6 is 0 Å². The predicted octanol–water partition coefficient (Wildman–Crippen LogP) is 0.711. The lowest BCUT2D eigenvalue weighted by atomic mass is 10.1. The first-order valence-electron chi connectivity index (χ1n) is 5.50. The second-order valence-corrected chi connectivity index (χ2v) is 3.67. The smallest absolute Gasteiger partial charge is 0.344 e. The Labute approximate surface area is 118 Å². The molecule has 0 aliphatic rings. The highest BCUT2D eigenvalue weighted by Crippen LogP contribution is 2.18. The summed E-state index contributed by atoms with van der Waals surface area (Å²) in [6.07, 6.45) is 0. The van der Waals surface area contributed by atoms with Gasteiger partial charge in [0.15, 0.2) is 6.61 Å². The molecule has 0 amide bonds. The Hall–Kier alpha value is -2.97. The van der Waals surface area contributed by atoms with Crippen LogP contribution in [-0.4, -0.2) is 43.7 Å². The minimum atomic E-state index is -1.01. The van der Waals surface area contributed by atoms with Crippen molar-refractivity contribution in [1.82, 2.24) is 0 Å². The maximum Gasteiger partial charge on any atom is 0.344 e. The van der Waals surface area contributed by atoms with Gasteiger partial charge in [0.05, 0.1) is 30.3 Å². The minimum Gasteiger partial charge on any atom is -0.466 e. The Balaban J connectivity index is 3.07. The van der Waals surface area contributed by atoms with Gasteiger partial charge in [-0.25, -0.2) is 14.4 Å². The number of carbonyl (C=O) groups excluding carboxylic acids is 3. The molecule has 112 valence electrons. The van der Waals surface area contributed by atoms with Crippen molar-refractivity contribution in [2.75, 3.05) is 20.8 Å². The van der Waals surface area contributed by atoms with E-state index in [4.69, 9.17) is 0 Å². The average molecular weight is 297 g/mol. The van der Waals surface area contributed by atoms with Crippen LogP contribution in [0.3, 0.4) is 0 Å². The fourth-order valence-electron chi connectivity index (χ4n) is 1.34. The summed E-state index contributed by atoms with van der Waals surface area (Å²) in [5.74, 6) is -2.64. The normalized spacial score (nSPS) is 9.62. The lowest BCUT2D eigenvalue weighted by Crippen LogP contribution is -2.16. The van der Waals surface area contributed by atoms with Gasteiger partial charge in [-0.3, -0.25) is 10.1 Å². The fourth-order valence-corrected chi connectivity index (χ4v) is 1.34. The minimum absolute atomic E-state index is 0.184. The van der Waals surface area contributed by atoms with Crippen molar-refractivity contribution in [1.29, 1.82) is 0 Å². The molecule has 0 bridgehead atoms. The third-order valence-electron chi connectivity index (χ3n) is 2.33. The van der Waals surface area contributed by atoms with Crippen LogP contribution in [0.1, 0.15) is 20.7 Å². The molecule has 21 heavy (non-hydrogen) atoms. The standard InChI is InChI=1S/C12H11NO8/c1-19-10(14)6-21-12(16)8-3-7(11(15)20-2)4-9(5-8)13(17)18/h3-5H,6H2,1-2H3. The van der Waals surface area contributed by atoms with Crippen molar-refractivity contribution in [2.24, 2.45) is 0 Å². The van der Waals surface area contributed by atoms with Crippen molar-refractivity contribution in [3.63, 3.8) is 0 Å². The Bertz CT molecular complexity index is 595. The number of rotatable bonds is 5. The van der Waals surface area contributed by atoms with Crippen molar-refractivity contribution in [3.8, 4) is 0 Å². The summed E-state index contributed by atoms with van der Waals surface area (Å²) in [6.45, 7) is -0.647. The molecule has 9 nitrogen and oxygen atoms in total. The number of benzene rings is 1. The molecule has 0 N–H and O–H groups in total. The first-order chi connectivity index (χ1) is 9.88. The van der Waals surface area contributed by atoms with Crippen LogP contribution in [-0.2, 0) is 19.0 Å². The Kier molecular flexibility index (Phi) is 5.35. The van der Waals surface area contributed by atoms with Gasteiger partial charge < -0.3 is 14.2 Å². The van der Waals surface area contributed by atoms with Gasteiger partial charge in [-0.05, 0) is 6.07 Å². The van der Waals surface area contributed by atoms with Crippen LogP contribution in [0.5, 0.6) is 0 Å². The van der Waals surface area contributed by atoms with Gasteiger partial charge >= 0.3 is 17.9 Å². The van der Waals surface area contributed by atoms with Crippen LogP contribution in [0.15, 0.2) is 18.2 Å². The monoisotopic (exact) mass is 297 g/mol. The number of esters is 3. The Morgan fingerprint density at radius 3 is 2.10 bits per heavy atom. The van der Waals surface area contributed by atoms with E-state index in [1.54, 1.807) is 0 Å². The number of carbonyl (C=O) groups is 3. The van der Waals surface area contributed by atoms with Crippen molar-refractivity contribution in [2.45, 2.75) is 0 Å². The molecule has 0 aliphatic carbocycles. The number of hydrogen-bond donors (Lipinski definition) is 0. The maximum absolute atomic E-state index is 11.7. The van der Waals surface area contributed by atoms with E-state index in [0.717, 1.165) is 32.4 Å². The van der Waals surface area contributed by atoms with E-state index < -0.39 is 35.1 Å². The topological polar surface area (TPSA) is 122 Å². The quantitative estimate of drug-likeness (QED) is 0.337. The zero-order chi connectivity index (χ0) is 16.0. The van der Waals surface area contributed by atoms with Crippen molar-refractivity contribution < 1.29 is 33.5 Å². The summed E-state index contributed by atoms with van der Waals surface area (Å²) < 4.78 is 13.3. The largest absolute Gasteiger partial charge is 0.466 e. The lowest BCUT2D eigenvalue weighted by Gasteiger charge is -2.05. The highest BCUT2D eigenvalue weighted by atomic mass is 16.6. The summed E-state index contributed by atoms with van der Waals surface area (Å²) in [5.41, 5.74) is -0.923. The molecule has 0 atom stereocenters. The number of hydrogen-bond acceptors (Lipinski definition) is 8. The van der Waals surface area contributed by atoms with Gasteiger partial charge in [-0.1, -0.05) is 0 Å². The van der Waals surface area contributed by atoms with Crippen LogP contribution in [0.2, 0.25) is 0 Å². The first kappa shape index (κ1) is 16.1. The van der Waals surface area contributed by atoms with E-state index in [-0.39, 0.29) is 11.1 Å². The van der Waals surface area contributed by atoms with E-state index in [1.807, 2.05) is 0 Å². The van der Waals surface area contributed by atoms with E-state index in [2.05, 4.69) is 14.2 Å². The molecule has 0 unspecified atom stereocenters. The maximum atomic E-state index is 11.7. The van der Waals surface area contributed by atoms with Gasteiger partial charge in [-0.2, -0.15) is 0 Å². The summed E-state index contributed by atoms with van der Waals surface area (Å²) in [5, 5.41) is 10.8. The number of nitro benzene ring substituents is 1. The Morgan fingerprint density at radius 1 is 1.05 bits per heavy atom. The van der Waals surface area contributed by atoms with Crippen LogP contribution in [0.4, 0.5) is 5.69 Å². The molecule has 0 spiro atoms. The summed E-state index contributed by atoms with van der Waals surface area (Å²) in [7, 11) is 2.20. The van der Waals surface area contributed by atoms with E-state index in [9.17, 15) is 24.5 Å². The van der Waals surface area contributed by atoms with E-state index >= 15 is 0 Å². The SMILES string of the molecule is COC(=O)COC(=O)c1cc(C(=O)OC)cc([N+](=O)[O-])c1. The molecule has 0 saturated heterocycles. The number of nitro groups is 1. The predicted molar refractivity (Wildman–Crippen MR) is 66.7 cm³/mol. The van der Waals surface area contributed by atoms with Crippen LogP contribution in [0, 0.1) is 10.1 Å². The molecular weight excluding hydrogens is 286 g/mol. The van der Waals surface area contributed by atoms with E-state index in [0.29, 0.717) is 0 Å². The Morgan fingerprint density at radius 2 is 1.62 bits per heavy atom. The van der Waals surface area contributed by atoms with Gasteiger partial charge in [0.2, 0.25) is 0 Å². The van der Waals surface area contributed by atoms with Gasteiger partial charge in [0.25, 0.3) is 5.69 Å². The number of non-ortho nitro benzene ring substituents is 1. The molecule has 1 aromatic rings. The zero-order valence-corrected chi connectivity index (χ0v) is 11.2. The number of methoxy groups -OCH3 is 2. The molecule has 1 rings (SSSR count). The van der Waals surface area contributed by atoms with Crippen LogP contribution in [0.25, 0.3) is 0 Å².